The van der Waals surface area contributed by atoms with E-state index in [9.17, 15) is 9.59 Å². The van der Waals surface area contributed by atoms with E-state index in [1.54, 1.807) is 6.92 Å². The number of imidazole rings is 1. The number of carbonyl (C=O) groups is 2. The van der Waals surface area contributed by atoms with Crippen LogP contribution in [0.3, 0.4) is 0 Å². The zero-order chi connectivity index (χ0) is 10.7. The lowest BCUT2D eigenvalue weighted by Gasteiger charge is -2.00. The molecular weight excluding hydrogens is 208 g/mol. The average molecular weight is 216 g/mol. The maximum Gasteiger partial charge on any atom is 0.386 e. The Morgan fingerprint density at radius 3 is 2.86 bits per heavy atom. The molecule has 0 aromatic carbocycles. The number of carboxylic acids is 1. The molecular formula is C7H8N2O4S. The van der Waals surface area contributed by atoms with Gasteiger partial charge >= 0.3 is 11.9 Å². The van der Waals surface area contributed by atoms with Crippen LogP contribution in [-0.2, 0) is 15.5 Å². The summed E-state index contributed by atoms with van der Waals surface area (Å²) < 4.78 is 5.34. The van der Waals surface area contributed by atoms with Gasteiger partial charge in [-0.25, -0.2) is 9.78 Å². The van der Waals surface area contributed by atoms with Gasteiger partial charge < -0.3 is 13.9 Å². The van der Waals surface area contributed by atoms with Crippen LogP contribution >= 0.6 is 12.9 Å². The van der Waals surface area contributed by atoms with Gasteiger partial charge in [0.25, 0.3) is 0 Å². The predicted octanol–water partition coefficient (Wildman–Crippen LogP) is 0.278. The van der Waals surface area contributed by atoms with Crippen LogP contribution in [0.15, 0.2) is 6.20 Å². The van der Waals surface area contributed by atoms with Gasteiger partial charge in [-0.15, -0.1) is 0 Å². The number of thiol groups is 1. The van der Waals surface area contributed by atoms with Crippen LogP contribution in [0.4, 0.5) is 0 Å². The molecule has 1 rings (SSSR count). The van der Waals surface area contributed by atoms with Crippen molar-refractivity contribution in [1.82, 2.24) is 9.55 Å². The molecule has 0 aliphatic rings. The van der Waals surface area contributed by atoms with Crippen molar-refractivity contribution in [2.24, 2.45) is 0 Å². The smallest absolute Gasteiger partial charge is 0.386 e. The zero-order valence-corrected chi connectivity index (χ0v) is 8.19. The van der Waals surface area contributed by atoms with E-state index in [0.717, 1.165) is 0 Å². The second-order valence-corrected chi connectivity index (χ2v) is 2.79. The minimum absolute atomic E-state index is 0.0695. The number of aryl methyl sites for hydroxylation is 1. The monoisotopic (exact) mass is 216 g/mol. The molecule has 0 spiro atoms. The molecule has 1 aromatic rings. The Bertz CT molecular complexity index is 374. The van der Waals surface area contributed by atoms with E-state index >= 15 is 0 Å². The highest BCUT2D eigenvalue weighted by Gasteiger charge is 2.16. The number of aliphatic carboxylic acids is 1. The molecule has 0 saturated heterocycles. The lowest BCUT2D eigenvalue weighted by molar-refractivity contribution is -0.137. The molecule has 0 saturated carbocycles. The molecule has 0 aliphatic heterocycles. The number of rotatable bonds is 3. The summed E-state index contributed by atoms with van der Waals surface area (Å²) in [5, 5.41) is 8.54. The maximum absolute atomic E-state index is 11.1. The van der Waals surface area contributed by atoms with Crippen molar-refractivity contribution in [3.8, 4) is 0 Å². The first kappa shape index (κ1) is 10.6. The van der Waals surface area contributed by atoms with Gasteiger partial charge in [0.1, 0.15) is 6.54 Å². The highest BCUT2D eigenvalue weighted by molar-refractivity contribution is 7.75. The Morgan fingerprint density at radius 1 is 1.71 bits per heavy atom. The Morgan fingerprint density at radius 2 is 2.36 bits per heavy atom. The van der Waals surface area contributed by atoms with Gasteiger partial charge in [0.2, 0.25) is 5.82 Å². The van der Waals surface area contributed by atoms with Crippen molar-refractivity contribution in [3.63, 3.8) is 0 Å². The van der Waals surface area contributed by atoms with Crippen LogP contribution in [0.25, 0.3) is 0 Å². The van der Waals surface area contributed by atoms with Crippen molar-refractivity contribution >= 4 is 24.8 Å². The van der Waals surface area contributed by atoms with E-state index in [1.165, 1.54) is 10.8 Å². The fraction of sp³-hybridized carbons (Fsp3) is 0.286. The third kappa shape index (κ3) is 2.25. The van der Waals surface area contributed by atoms with E-state index in [1.807, 2.05) is 0 Å². The first-order chi connectivity index (χ1) is 6.54. The number of hydrogen-bond acceptors (Lipinski definition) is 5. The van der Waals surface area contributed by atoms with Gasteiger partial charge in [-0.05, 0) is 6.92 Å². The van der Waals surface area contributed by atoms with Crippen molar-refractivity contribution in [1.29, 1.82) is 0 Å². The maximum atomic E-state index is 11.1. The fourth-order valence-electron chi connectivity index (χ4n) is 1.02. The summed E-state index contributed by atoms with van der Waals surface area (Å²) in [6.45, 7) is 1.31. The molecule has 0 fully saturated rings. The quantitative estimate of drug-likeness (QED) is 0.560. The molecule has 0 amide bonds. The topological polar surface area (TPSA) is 81.4 Å². The fourth-order valence-corrected chi connectivity index (χ4v) is 1.10. The summed E-state index contributed by atoms with van der Waals surface area (Å²) in [4.78, 5) is 25.3. The van der Waals surface area contributed by atoms with E-state index in [0.29, 0.717) is 5.69 Å². The number of carbonyl (C=O) groups excluding carboxylic acids is 1. The Labute approximate surface area is 85.1 Å². The van der Waals surface area contributed by atoms with Crippen molar-refractivity contribution in [3.05, 3.63) is 17.7 Å². The summed E-state index contributed by atoms with van der Waals surface area (Å²) in [5.74, 6) is -1.90. The Balaban J connectivity index is 3.02. The number of hydrogen-bond donors (Lipinski definition) is 2. The second kappa shape index (κ2) is 4.14. The first-order valence-electron chi connectivity index (χ1n) is 3.66. The Hall–Kier alpha value is -1.50. The molecule has 76 valence electrons. The highest BCUT2D eigenvalue weighted by Crippen LogP contribution is 2.05. The van der Waals surface area contributed by atoms with E-state index in [-0.39, 0.29) is 12.4 Å². The van der Waals surface area contributed by atoms with Gasteiger partial charge in [0, 0.05) is 19.1 Å². The Kier molecular flexibility index (Phi) is 3.13. The summed E-state index contributed by atoms with van der Waals surface area (Å²) >= 11 is 3.32. The minimum Gasteiger partial charge on any atom is -0.480 e. The molecule has 6 nitrogen and oxygen atoms in total. The number of carboxylic acid groups (broad SMARTS) is 1. The van der Waals surface area contributed by atoms with Crippen LogP contribution in [0.5, 0.6) is 0 Å². The summed E-state index contributed by atoms with van der Waals surface area (Å²) in [7, 11) is 0. The van der Waals surface area contributed by atoms with Crippen LogP contribution in [-0.4, -0.2) is 26.6 Å². The molecule has 1 heterocycles. The van der Waals surface area contributed by atoms with Gasteiger partial charge in [0.15, 0.2) is 0 Å². The van der Waals surface area contributed by atoms with Crippen molar-refractivity contribution < 1.29 is 18.9 Å². The standard InChI is InChI=1S/C7H8N2O4S/c1-4-2-9(3-5(10)11)6(8-4)7(12)13-14/h2,14H,3H2,1H3,(H,10,11). The summed E-state index contributed by atoms with van der Waals surface area (Å²) in [6.07, 6.45) is 1.45. The zero-order valence-electron chi connectivity index (χ0n) is 7.30. The second-order valence-electron chi connectivity index (χ2n) is 2.61. The normalized spacial score (nSPS) is 9.86. The van der Waals surface area contributed by atoms with Crippen LogP contribution in [0, 0.1) is 6.92 Å². The lowest BCUT2D eigenvalue weighted by Crippen LogP contribution is -2.15. The molecule has 14 heavy (non-hydrogen) atoms. The first-order valence-corrected chi connectivity index (χ1v) is 4.02. The summed E-state index contributed by atoms with van der Waals surface area (Å²) in [6, 6.07) is 0. The van der Waals surface area contributed by atoms with Crippen LogP contribution < -0.4 is 0 Å². The molecule has 1 aromatic heterocycles. The molecule has 0 atom stereocenters. The SMILES string of the molecule is Cc1cn(CC(=O)O)c(C(=O)OS)n1. The summed E-state index contributed by atoms with van der Waals surface area (Å²) in [5.41, 5.74) is 0.542. The molecule has 0 bridgehead atoms. The molecule has 0 radical (unpaired) electrons. The van der Waals surface area contributed by atoms with Gasteiger partial charge in [0.05, 0.1) is 5.69 Å². The number of nitrogens with zero attached hydrogens (tertiary/aromatic N) is 2. The van der Waals surface area contributed by atoms with E-state index in [2.05, 4.69) is 22.1 Å². The molecule has 0 aliphatic carbocycles. The molecule has 0 unspecified atom stereocenters. The number of aromatic nitrogens is 2. The minimum atomic E-state index is -1.06. The average Bonchev–Trinajstić information content (AvgIpc) is 2.44. The third-order valence-corrected chi connectivity index (χ3v) is 1.63. The largest absolute Gasteiger partial charge is 0.480 e. The molecule has 1 N–H and O–H groups in total. The predicted molar refractivity (Wildman–Crippen MR) is 49.0 cm³/mol. The van der Waals surface area contributed by atoms with Gasteiger partial charge in [-0.1, -0.05) is 0 Å². The highest BCUT2D eigenvalue weighted by atomic mass is 32.1. The van der Waals surface area contributed by atoms with Crippen molar-refractivity contribution in [2.75, 3.05) is 0 Å². The third-order valence-electron chi connectivity index (χ3n) is 1.47. The van der Waals surface area contributed by atoms with Gasteiger partial charge in [-0.3, -0.25) is 4.79 Å². The van der Waals surface area contributed by atoms with Crippen LogP contribution in [0.1, 0.15) is 16.3 Å². The lowest BCUT2D eigenvalue weighted by atomic mass is 10.5. The van der Waals surface area contributed by atoms with E-state index < -0.39 is 11.9 Å². The van der Waals surface area contributed by atoms with Gasteiger partial charge in [-0.2, -0.15) is 0 Å². The van der Waals surface area contributed by atoms with E-state index in [4.69, 9.17) is 5.11 Å². The molecule has 7 heteroatoms. The van der Waals surface area contributed by atoms with Crippen LogP contribution in [0.2, 0.25) is 0 Å². The van der Waals surface area contributed by atoms with Crippen molar-refractivity contribution in [2.45, 2.75) is 13.5 Å².